The van der Waals surface area contributed by atoms with E-state index in [2.05, 4.69) is 94.7 Å². The number of thiophene rings is 1. The zero-order chi connectivity index (χ0) is 22.8. The molecule has 0 radical (unpaired) electrons. The first-order valence-corrected chi connectivity index (χ1v) is 19.1. The minimum atomic E-state index is -1.53. The Balaban J connectivity index is 1.83. The summed E-state index contributed by atoms with van der Waals surface area (Å²) in [6.07, 6.45) is 1.75. The quantitative estimate of drug-likeness (QED) is 0.264. The average Bonchev–Trinajstić information content (AvgIpc) is 3.11. The number of aromatic nitrogens is 2. The van der Waals surface area contributed by atoms with Crippen LogP contribution in [0.5, 0.6) is 0 Å². The Bertz CT molecular complexity index is 1500. The second kappa shape index (κ2) is 7.34. The van der Waals surface area contributed by atoms with Gasteiger partial charge in [0.2, 0.25) is 0 Å². The highest BCUT2D eigenvalue weighted by molar-refractivity contribution is 7.26. The van der Waals surface area contributed by atoms with Crippen molar-refractivity contribution >= 4 is 68.9 Å². The van der Waals surface area contributed by atoms with Gasteiger partial charge in [-0.1, -0.05) is 92.1 Å². The lowest BCUT2D eigenvalue weighted by atomic mass is 10.0. The highest BCUT2D eigenvalue weighted by atomic mass is 32.1. The van der Waals surface area contributed by atoms with Crippen LogP contribution < -0.4 is 10.4 Å². The van der Waals surface area contributed by atoms with E-state index in [-0.39, 0.29) is 0 Å². The fraction of sp³-hybridized carbons (Fsp3) is 0.259. The van der Waals surface area contributed by atoms with Gasteiger partial charge >= 0.3 is 0 Å². The third kappa shape index (κ3) is 3.53. The fourth-order valence-corrected chi connectivity index (χ4v) is 8.62. The number of aryl methyl sites for hydroxylation is 1. The van der Waals surface area contributed by atoms with E-state index in [1.54, 1.807) is 6.33 Å². The first kappa shape index (κ1) is 21.5. The summed E-state index contributed by atoms with van der Waals surface area (Å²) in [6.45, 7) is 16.8. The van der Waals surface area contributed by atoms with E-state index in [1.807, 2.05) is 11.3 Å². The topological polar surface area (TPSA) is 25.8 Å². The fourth-order valence-electron chi connectivity index (χ4n) is 4.56. The van der Waals surface area contributed by atoms with Gasteiger partial charge in [-0.25, -0.2) is 9.97 Å². The molecule has 162 valence electrons. The van der Waals surface area contributed by atoms with Gasteiger partial charge < -0.3 is 0 Å². The molecule has 3 aromatic carbocycles. The van der Waals surface area contributed by atoms with Gasteiger partial charge in [0.1, 0.15) is 6.33 Å². The summed E-state index contributed by atoms with van der Waals surface area (Å²) in [7, 11) is -2.95. The third-order valence-electron chi connectivity index (χ3n) is 6.35. The molecule has 0 fully saturated rings. The standard InChI is InChI=1S/C27H30N2SSi2/c1-17-12-20(31(2,3)4)15-22-25-27(30-26(17)22)24(28-16-29-25)19-13-18-10-8-9-11-21(18)23(14-19)32(5,6)7/h8-16H,1-7H3. The molecule has 0 N–H and O–H groups in total. The van der Waals surface area contributed by atoms with Crippen LogP contribution in [0.25, 0.3) is 42.3 Å². The Labute approximate surface area is 196 Å². The van der Waals surface area contributed by atoms with E-state index in [9.17, 15) is 0 Å². The van der Waals surface area contributed by atoms with Crippen molar-refractivity contribution in [3.8, 4) is 11.3 Å². The van der Waals surface area contributed by atoms with Crippen LogP contribution in [0.15, 0.2) is 54.9 Å². The maximum Gasteiger partial charge on any atom is 0.116 e. The normalized spacial score (nSPS) is 12.8. The molecule has 5 rings (SSSR count). The second-order valence-electron chi connectivity index (χ2n) is 10.9. The van der Waals surface area contributed by atoms with Crippen molar-refractivity contribution < 1.29 is 0 Å². The summed E-state index contributed by atoms with van der Waals surface area (Å²) in [4.78, 5) is 9.60. The van der Waals surface area contributed by atoms with Crippen molar-refractivity contribution in [2.24, 2.45) is 0 Å². The summed E-state index contributed by atoms with van der Waals surface area (Å²) >= 11 is 1.85. The van der Waals surface area contributed by atoms with E-state index in [1.165, 1.54) is 47.1 Å². The average molecular weight is 471 g/mol. The zero-order valence-corrected chi connectivity index (χ0v) is 22.8. The smallest absolute Gasteiger partial charge is 0.116 e. The summed E-state index contributed by atoms with van der Waals surface area (Å²) in [5.41, 5.74) is 4.73. The van der Waals surface area contributed by atoms with Gasteiger partial charge in [-0.3, -0.25) is 0 Å². The lowest BCUT2D eigenvalue weighted by Crippen LogP contribution is -2.38. The van der Waals surface area contributed by atoms with E-state index in [0.29, 0.717) is 0 Å². The van der Waals surface area contributed by atoms with Gasteiger partial charge in [-0.05, 0) is 29.3 Å². The third-order valence-corrected chi connectivity index (χ3v) is 11.7. The zero-order valence-electron chi connectivity index (χ0n) is 20.0. The molecule has 2 heterocycles. The minimum absolute atomic E-state index is 1.07. The summed E-state index contributed by atoms with van der Waals surface area (Å²) in [5.74, 6) is 0. The van der Waals surface area contributed by atoms with Gasteiger partial charge in [-0.2, -0.15) is 0 Å². The van der Waals surface area contributed by atoms with Crippen molar-refractivity contribution in [3.63, 3.8) is 0 Å². The van der Waals surface area contributed by atoms with Gasteiger partial charge in [0, 0.05) is 15.6 Å². The molecule has 2 nitrogen and oxygen atoms in total. The van der Waals surface area contributed by atoms with E-state index < -0.39 is 16.1 Å². The van der Waals surface area contributed by atoms with Gasteiger partial charge in [-0.15, -0.1) is 11.3 Å². The molecule has 32 heavy (non-hydrogen) atoms. The van der Waals surface area contributed by atoms with Crippen LogP contribution in [0.3, 0.4) is 0 Å². The number of fused-ring (bicyclic) bond motifs is 4. The number of hydrogen-bond donors (Lipinski definition) is 0. The van der Waals surface area contributed by atoms with Crippen LogP contribution in [-0.4, -0.2) is 26.1 Å². The molecule has 0 bridgehead atoms. The molecule has 0 atom stereocenters. The van der Waals surface area contributed by atoms with Crippen molar-refractivity contribution in [1.29, 1.82) is 0 Å². The Morgan fingerprint density at radius 3 is 2.22 bits per heavy atom. The van der Waals surface area contributed by atoms with E-state index >= 15 is 0 Å². The molecular weight excluding hydrogens is 441 g/mol. The first-order valence-electron chi connectivity index (χ1n) is 11.3. The number of rotatable bonds is 3. The Morgan fingerprint density at radius 1 is 0.750 bits per heavy atom. The number of benzene rings is 3. The molecule has 2 aromatic heterocycles. The maximum absolute atomic E-state index is 4.83. The van der Waals surface area contributed by atoms with Crippen LogP contribution >= 0.6 is 11.3 Å². The summed E-state index contributed by atoms with van der Waals surface area (Å²) in [6, 6.07) is 18.3. The molecule has 0 saturated carbocycles. The number of nitrogens with zero attached hydrogens (tertiary/aromatic N) is 2. The van der Waals surface area contributed by atoms with Gasteiger partial charge in [0.25, 0.3) is 0 Å². The maximum atomic E-state index is 4.83. The summed E-state index contributed by atoms with van der Waals surface area (Å²) < 4.78 is 2.55. The molecule has 0 spiro atoms. The monoisotopic (exact) mass is 470 g/mol. The van der Waals surface area contributed by atoms with Crippen molar-refractivity contribution in [1.82, 2.24) is 9.97 Å². The van der Waals surface area contributed by atoms with Crippen LogP contribution in [0.1, 0.15) is 5.56 Å². The molecule has 5 aromatic rings. The Morgan fingerprint density at radius 2 is 1.50 bits per heavy atom. The van der Waals surface area contributed by atoms with Gasteiger partial charge in [0.15, 0.2) is 0 Å². The molecule has 0 saturated heterocycles. The molecule has 5 heteroatoms. The van der Waals surface area contributed by atoms with Crippen LogP contribution in [0.2, 0.25) is 39.3 Å². The van der Waals surface area contributed by atoms with Crippen LogP contribution in [0, 0.1) is 6.92 Å². The number of hydrogen-bond acceptors (Lipinski definition) is 3. The molecule has 0 aliphatic carbocycles. The van der Waals surface area contributed by atoms with E-state index in [4.69, 9.17) is 9.97 Å². The Kier molecular flexibility index (Phi) is 4.93. The molecular formula is C27H30N2SSi2. The Hall–Kier alpha value is -2.35. The summed E-state index contributed by atoms with van der Waals surface area (Å²) in [5, 5.41) is 6.96. The van der Waals surface area contributed by atoms with Crippen molar-refractivity contribution in [2.75, 3.05) is 0 Å². The first-order chi connectivity index (χ1) is 15.0. The predicted molar refractivity (Wildman–Crippen MR) is 149 cm³/mol. The molecule has 0 amide bonds. The second-order valence-corrected chi connectivity index (χ2v) is 22.1. The largest absolute Gasteiger partial charge is 0.235 e. The lowest BCUT2D eigenvalue weighted by molar-refractivity contribution is 1.24. The molecule has 0 unspecified atom stereocenters. The van der Waals surface area contributed by atoms with Crippen LogP contribution in [-0.2, 0) is 0 Å². The van der Waals surface area contributed by atoms with Crippen LogP contribution in [0.4, 0.5) is 0 Å². The lowest BCUT2D eigenvalue weighted by Gasteiger charge is -2.21. The van der Waals surface area contributed by atoms with Crippen molar-refractivity contribution in [2.45, 2.75) is 46.2 Å². The molecule has 0 aliphatic rings. The van der Waals surface area contributed by atoms with E-state index in [0.717, 1.165) is 11.2 Å². The minimum Gasteiger partial charge on any atom is -0.235 e. The molecule has 0 aliphatic heterocycles. The predicted octanol–water partition coefficient (Wildman–Crippen LogP) is 7.06. The highest BCUT2D eigenvalue weighted by Crippen LogP contribution is 2.39. The highest BCUT2D eigenvalue weighted by Gasteiger charge is 2.23. The van der Waals surface area contributed by atoms with Gasteiger partial charge in [0.05, 0.1) is 32.1 Å². The SMILES string of the molecule is Cc1cc([Si](C)(C)C)cc2c1sc1c(-c3cc([Si](C)(C)C)c4ccccc4c3)ncnc12. The van der Waals surface area contributed by atoms with Crippen molar-refractivity contribution in [3.05, 3.63) is 60.4 Å².